The van der Waals surface area contributed by atoms with Gasteiger partial charge < -0.3 is 15.4 Å². The Hall–Kier alpha value is -3.49. The SMILES string of the molecule is O=C(N[C@@H](Cc1c[nH]cn1)C(=O)O)C(Cc1csc2ccccc12)Cc1csc2ccccc12. The smallest absolute Gasteiger partial charge is 0.326 e. The van der Waals surface area contributed by atoms with Crippen molar-refractivity contribution in [3.05, 3.63) is 88.6 Å². The number of aliphatic carboxylic acids is 1. The summed E-state index contributed by atoms with van der Waals surface area (Å²) >= 11 is 3.33. The normalized spacial score (nSPS) is 12.4. The Kier molecular flexibility index (Phi) is 6.42. The molecule has 172 valence electrons. The van der Waals surface area contributed by atoms with Crippen LogP contribution < -0.4 is 5.32 Å². The van der Waals surface area contributed by atoms with Gasteiger partial charge >= 0.3 is 5.97 Å². The molecule has 6 nitrogen and oxygen atoms in total. The highest BCUT2D eigenvalue weighted by Crippen LogP contribution is 2.31. The predicted molar refractivity (Wildman–Crippen MR) is 136 cm³/mol. The van der Waals surface area contributed by atoms with E-state index in [1.54, 1.807) is 28.9 Å². The molecule has 5 rings (SSSR count). The van der Waals surface area contributed by atoms with E-state index in [-0.39, 0.29) is 12.3 Å². The van der Waals surface area contributed by atoms with Gasteiger partial charge in [0.25, 0.3) is 0 Å². The molecule has 0 spiro atoms. The lowest BCUT2D eigenvalue weighted by atomic mass is 9.91. The van der Waals surface area contributed by atoms with Gasteiger partial charge in [-0.25, -0.2) is 9.78 Å². The zero-order valence-corrected chi connectivity index (χ0v) is 19.9. The van der Waals surface area contributed by atoms with Crippen molar-refractivity contribution in [1.82, 2.24) is 15.3 Å². The quantitative estimate of drug-likeness (QED) is 0.270. The Morgan fingerprint density at radius 3 is 2.03 bits per heavy atom. The summed E-state index contributed by atoms with van der Waals surface area (Å²) < 4.78 is 2.36. The van der Waals surface area contributed by atoms with Crippen LogP contribution in [0, 0.1) is 5.92 Å². The van der Waals surface area contributed by atoms with Crippen molar-refractivity contribution in [3.8, 4) is 0 Å². The largest absolute Gasteiger partial charge is 0.480 e. The Bertz CT molecular complexity index is 1360. The van der Waals surface area contributed by atoms with Gasteiger partial charge in [-0.3, -0.25) is 4.79 Å². The number of hydrogen-bond acceptors (Lipinski definition) is 5. The van der Waals surface area contributed by atoms with Crippen LogP contribution in [-0.4, -0.2) is 33.0 Å². The number of thiophene rings is 2. The van der Waals surface area contributed by atoms with Crippen LogP contribution in [0.2, 0.25) is 0 Å². The van der Waals surface area contributed by atoms with E-state index >= 15 is 0 Å². The molecular formula is C26H23N3O3S2. The fourth-order valence-electron chi connectivity index (χ4n) is 4.27. The average Bonchev–Trinajstić information content (AvgIpc) is 3.59. The minimum Gasteiger partial charge on any atom is -0.480 e. The lowest BCUT2D eigenvalue weighted by Gasteiger charge is -2.20. The van der Waals surface area contributed by atoms with Crippen molar-refractivity contribution in [2.45, 2.75) is 25.3 Å². The molecular weight excluding hydrogens is 466 g/mol. The van der Waals surface area contributed by atoms with Gasteiger partial charge in [0.05, 0.1) is 12.0 Å². The van der Waals surface area contributed by atoms with Gasteiger partial charge in [0, 0.05) is 27.9 Å². The van der Waals surface area contributed by atoms with Crippen LogP contribution in [0.15, 0.2) is 71.8 Å². The van der Waals surface area contributed by atoms with Gasteiger partial charge in [0.15, 0.2) is 0 Å². The second-order valence-electron chi connectivity index (χ2n) is 8.28. The lowest BCUT2D eigenvalue weighted by Crippen LogP contribution is -2.45. The Balaban J connectivity index is 1.43. The van der Waals surface area contributed by atoms with Crippen LogP contribution in [0.5, 0.6) is 0 Å². The molecule has 3 heterocycles. The molecule has 0 saturated carbocycles. The van der Waals surface area contributed by atoms with E-state index in [9.17, 15) is 14.7 Å². The molecule has 0 unspecified atom stereocenters. The molecule has 0 aliphatic carbocycles. The number of H-pyrrole nitrogens is 1. The van der Waals surface area contributed by atoms with Crippen LogP contribution in [-0.2, 0) is 28.9 Å². The van der Waals surface area contributed by atoms with Gasteiger partial charge in [-0.05, 0) is 57.6 Å². The highest BCUT2D eigenvalue weighted by Gasteiger charge is 2.28. The molecule has 5 aromatic rings. The van der Waals surface area contributed by atoms with Gasteiger partial charge in [0.2, 0.25) is 5.91 Å². The first kappa shape index (κ1) is 22.3. The van der Waals surface area contributed by atoms with Crippen LogP contribution in [0.4, 0.5) is 0 Å². The lowest BCUT2D eigenvalue weighted by molar-refractivity contribution is -0.142. The molecule has 0 aliphatic rings. The molecule has 3 aromatic heterocycles. The zero-order valence-electron chi connectivity index (χ0n) is 18.2. The maximum Gasteiger partial charge on any atom is 0.326 e. The summed E-state index contributed by atoms with van der Waals surface area (Å²) in [5.41, 5.74) is 2.82. The summed E-state index contributed by atoms with van der Waals surface area (Å²) in [5, 5.41) is 19.0. The summed E-state index contributed by atoms with van der Waals surface area (Å²) in [5.74, 6) is -1.73. The van der Waals surface area contributed by atoms with E-state index in [0.717, 1.165) is 21.9 Å². The van der Waals surface area contributed by atoms with E-state index in [1.807, 2.05) is 24.3 Å². The first-order chi connectivity index (χ1) is 16.6. The number of carbonyl (C=O) groups excluding carboxylic acids is 1. The molecule has 3 N–H and O–H groups in total. The molecule has 8 heteroatoms. The maximum absolute atomic E-state index is 13.5. The van der Waals surface area contributed by atoms with Crippen molar-refractivity contribution >= 4 is 54.7 Å². The second-order valence-corrected chi connectivity index (χ2v) is 10.1. The van der Waals surface area contributed by atoms with Crippen LogP contribution >= 0.6 is 22.7 Å². The Labute approximate surface area is 204 Å². The number of carbonyl (C=O) groups is 2. The fourth-order valence-corrected chi connectivity index (χ4v) is 6.22. The number of nitrogens with zero attached hydrogens (tertiary/aromatic N) is 1. The molecule has 0 aliphatic heterocycles. The zero-order chi connectivity index (χ0) is 23.5. The molecule has 0 radical (unpaired) electrons. The molecule has 0 saturated heterocycles. The highest BCUT2D eigenvalue weighted by atomic mass is 32.1. The minimum absolute atomic E-state index is 0.125. The van der Waals surface area contributed by atoms with Gasteiger partial charge in [0.1, 0.15) is 6.04 Å². The third-order valence-electron chi connectivity index (χ3n) is 6.01. The van der Waals surface area contributed by atoms with Crippen molar-refractivity contribution in [1.29, 1.82) is 0 Å². The first-order valence-corrected chi connectivity index (χ1v) is 12.8. The van der Waals surface area contributed by atoms with Gasteiger partial charge in [-0.15, -0.1) is 22.7 Å². The number of benzene rings is 2. The summed E-state index contributed by atoms with van der Waals surface area (Å²) in [4.78, 5) is 32.4. The summed E-state index contributed by atoms with van der Waals surface area (Å²) in [6, 6.07) is 15.3. The molecule has 34 heavy (non-hydrogen) atoms. The Morgan fingerprint density at radius 1 is 0.912 bits per heavy atom. The molecule has 1 atom stereocenters. The van der Waals surface area contributed by atoms with Gasteiger partial charge in [-0.2, -0.15) is 0 Å². The predicted octanol–water partition coefficient (Wildman–Crippen LogP) is 5.05. The van der Waals surface area contributed by atoms with Crippen molar-refractivity contribution in [2.75, 3.05) is 0 Å². The monoisotopic (exact) mass is 489 g/mol. The number of nitrogens with one attached hydrogen (secondary N) is 2. The van der Waals surface area contributed by atoms with Crippen LogP contribution in [0.1, 0.15) is 16.8 Å². The fraction of sp³-hybridized carbons (Fsp3) is 0.192. The third kappa shape index (κ3) is 4.73. The first-order valence-electron chi connectivity index (χ1n) is 11.0. The van der Waals surface area contributed by atoms with Crippen LogP contribution in [0.3, 0.4) is 0 Å². The van der Waals surface area contributed by atoms with Crippen LogP contribution in [0.25, 0.3) is 20.2 Å². The van der Waals surface area contributed by atoms with E-state index in [4.69, 9.17) is 0 Å². The maximum atomic E-state index is 13.5. The average molecular weight is 490 g/mol. The number of hydrogen-bond donors (Lipinski definition) is 3. The van der Waals surface area contributed by atoms with Crippen molar-refractivity contribution in [2.24, 2.45) is 5.92 Å². The van der Waals surface area contributed by atoms with E-state index in [1.165, 1.54) is 15.7 Å². The van der Waals surface area contributed by atoms with E-state index < -0.39 is 17.9 Å². The summed E-state index contributed by atoms with van der Waals surface area (Å²) in [6.07, 6.45) is 4.35. The topological polar surface area (TPSA) is 95.1 Å². The number of carboxylic acids is 1. The Morgan fingerprint density at radius 2 is 1.50 bits per heavy atom. The number of fused-ring (bicyclic) bond motifs is 2. The molecule has 1 amide bonds. The number of imidazole rings is 1. The van der Waals surface area contributed by atoms with Crippen molar-refractivity contribution < 1.29 is 14.7 Å². The third-order valence-corrected chi connectivity index (χ3v) is 8.03. The highest BCUT2D eigenvalue weighted by molar-refractivity contribution is 7.17. The second kappa shape index (κ2) is 9.79. The number of carboxylic acid groups (broad SMARTS) is 1. The number of aromatic amines is 1. The van der Waals surface area contributed by atoms with Crippen molar-refractivity contribution in [3.63, 3.8) is 0 Å². The van der Waals surface area contributed by atoms with E-state index in [2.05, 4.69) is 50.3 Å². The van der Waals surface area contributed by atoms with Gasteiger partial charge in [-0.1, -0.05) is 36.4 Å². The molecule has 2 aromatic carbocycles. The number of amides is 1. The number of rotatable bonds is 9. The molecule has 0 bridgehead atoms. The number of aromatic nitrogens is 2. The van der Waals surface area contributed by atoms with E-state index in [0.29, 0.717) is 18.5 Å². The summed E-state index contributed by atoms with van der Waals surface area (Å²) in [6.45, 7) is 0. The summed E-state index contributed by atoms with van der Waals surface area (Å²) in [7, 11) is 0. The standard InChI is InChI=1S/C26H23N3O3S2/c30-25(29-22(26(31)32)11-19-12-27-15-28-19)16(9-17-13-33-23-7-3-1-5-20(17)23)10-18-14-34-24-8-4-2-6-21(18)24/h1-8,12-16,22H,9-11H2,(H,27,28)(H,29,30)(H,31,32)/t22-/m0/s1. The minimum atomic E-state index is -1.07. The molecule has 0 fully saturated rings.